The Bertz CT molecular complexity index is 251. The molecule has 1 heterocycles. The van der Waals surface area contributed by atoms with Crippen molar-refractivity contribution in [2.45, 2.75) is 18.6 Å². The topological polar surface area (TPSA) is 119 Å². The van der Waals surface area contributed by atoms with E-state index in [1.165, 1.54) is 0 Å². The zero-order chi connectivity index (χ0) is 9.57. The molecule has 1 saturated heterocycles. The summed E-state index contributed by atoms with van der Waals surface area (Å²) >= 11 is -2.52. The van der Waals surface area contributed by atoms with Gasteiger partial charge in [0.2, 0.25) is 0 Å². The molecule has 0 aliphatic carbocycles. The smallest absolute Gasteiger partial charge is 0.335 e. The van der Waals surface area contributed by atoms with Crippen LogP contribution >= 0.6 is 0 Å². The molecular formula is C3H5NO7S. The van der Waals surface area contributed by atoms with Crippen molar-refractivity contribution in [2.24, 2.45) is 0 Å². The summed E-state index contributed by atoms with van der Waals surface area (Å²) in [5.74, 6) is -3.18. The lowest BCUT2D eigenvalue weighted by Crippen LogP contribution is -2.55. The number of nitro groups is 1. The van der Waals surface area contributed by atoms with Gasteiger partial charge in [-0.05, 0) is 0 Å². The highest BCUT2D eigenvalue weighted by atomic mass is 32.2. The van der Waals surface area contributed by atoms with E-state index in [1.807, 2.05) is 0 Å². The van der Waals surface area contributed by atoms with E-state index in [4.69, 9.17) is 10.2 Å². The molecular weight excluding hydrogens is 194 g/mol. The van der Waals surface area contributed by atoms with Crippen molar-refractivity contribution in [3.8, 4) is 0 Å². The molecule has 2 atom stereocenters. The molecule has 12 heavy (non-hydrogen) atoms. The maximum Gasteiger partial charge on any atom is 0.418 e. The molecule has 2 unspecified atom stereocenters. The maximum absolute atomic E-state index is 10.4. The minimum absolute atomic E-state index is 0.734. The van der Waals surface area contributed by atoms with Gasteiger partial charge in [0.1, 0.15) is 0 Å². The Kier molecular flexibility index (Phi) is 1.92. The molecule has 0 aromatic rings. The van der Waals surface area contributed by atoms with E-state index in [1.54, 1.807) is 0 Å². The lowest BCUT2D eigenvalue weighted by Gasteiger charge is -2.19. The van der Waals surface area contributed by atoms with Gasteiger partial charge in [0.25, 0.3) is 0 Å². The van der Waals surface area contributed by atoms with Crippen LogP contribution in [0.5, 0.6) is 0 Å². The Balaban J connectivity index is 3.05. The molecule has 1 fully saturated rings. The van der Waals surface area contributed by atoms with Crippen LogP contribution < -0.4 is 0 Å². The first-order valence-electron chi connectivity index (χ1n) is 2.69. The van der Waals surface area contributed by atoms with Gasteiger partial charge in [-0.1, -0.05) is 0 Å². The highest BCUT2D eigenvalue weighted by Gasteiger charge is 2.69. The van der Waals surface area contributed by atoms with Crippen molar-refractivity contribution in [3.05, 3.63) is 10.1 Å². The molecule has 70 valence electrons. The first kappa shape index (κ1) is 9.48. The van der Waals surface area contributed by atoms with E-state index in [0.29, 0.717) is 0 Å². The normalized spacial score (nSPS) is 39.8. The molecule has 1 aliphatic rings. The van der Waals surface area contributed by atoms with Crippen molar-refractivity contribution in [1.82, 2.24) is 0 Å². The minimum Gasteiger partial charge on any atom is -0.335 e. The third-order valence-corrected chi connectivity index (χ3v) is 2.20. The number of hydrogen-bond acceptors (Lipinski definition) is 7. The summed E-state index contributed by atoms with van der Waals surface area (Å²) in [5, 5.41) is 27.9. The van der Waals surface area contributed by atoms with Crippen molar-refractivity contribution >= 4 is 11.4 Å². The molecule has 8 nitrogen and oxygen atoms in total. The zero-order valence-corrected chi connectivity index (χ0v) is 6.61. The summed E-state index contributed by atoms with van der Waals surface area (Å²) < 4.78 is 18.3. The van der Waals surface area contributed by atoms with Crippen LogP contribution in [-0.2, 0) is 19.7 Å². The van der Waals surface area contributed by atoms with E-state index < -0.39 is 28.0 Å². The van der Waals surface area contributed by atoms with Crippen LogP contribution in [0.4, 0.5) is 0 Å². The zero-order valence-electron chi connectivity index (χ0n) is 5.79. The molecule has 0 radical (unpaired) electrons. The summed E-state index contributed by atoms with van der Waals surface area (Å²) in [5.41, 5.74) is -2.63. The fourth-order valence-electron chi connectivity index (χ4n) is 0.525. The first-order valence-corrected chi connectivity index (χ1v) is 3.69. The lowest BCUT2D eigenvalue weighted by molar-refractivity contribution is -0.661. The van der Waals surface area contributed by atoms with Crippen LogP contribution in [0.1, 0.15) is 6.92 Å². The van der Waals surface area contributed by atoms with E-state index in [2.05, 4.69) is 8.37 Å². The summed E-state index contributed by atoms with van der Waals surface area (Å²) in [7, 11) is 0. The Morgan fingerprint density at radius 2 is 2.00 bits per heavy atom. The van der Waals surface area contributed by atoms with Crippen LogP contribution in [0.15, 0.2) is 0 Å². The predicted molar refractivity (Wildman–Crippen MR) is 32.9 cm³/mol. The van der Waals surface area contributed by atoms with Crippen LogP contribution in [-0.4, -0.2) is 31.0 Å². The van der Waals surface area contributed by atoms with Gasteiger partial charge in [-0.3, -0.25) is 10.1 Å². The summed E-state index contributed by atoms with van der Waals surface area (Å²) in [6, 6.07) is 0. The molecule has 9 heteroatoms. The fraction of sp³-hybridized carbons (Fsp3) is 1.00. The maximum atomic E-state index is 10.4. The first-order chi connectivity index (χ1) is 5.29. The molecule has 0 aromatic carbocycles. The van der Waals surface area contributed by atoms with Crippen LogP contribution in [0.2, 0.25) is 0 Å². The van der Waals surface area contributed by atoms with E-state index in [9.17, 15) is 14.3 Å². The van der Waals surface area contributed by atoms with Crippen LogP contribution in [0.3, 0.4) is 0 Å². The van der Waals surface area contributed by atoms with Gasteiger partial charge in [0, 0.05) is 6.92 Å². The molecule has 1 aliphatic heterocycles. The Labute approximate surface area is 68.7 Å². The minimum atomic E-state index is -3.18. The van der Waals surface area contributed by atoms with Gasteiger partial charge in [-0.25, -0.2) is 0 Å². The van der Waals surface area contributed by atoms with Gasteiger partial charge in [-0.15, -0.1) is 0 Å². The summed E-state index contributed by atoms with van der Waals surface area (Å²) in [4.78, 5) is 9.09. The average Bonchev–Trinajstić information content (AvgIpc) is 2.02. The van der Waals surface area contributed by atoms with Gasteiger partial charge in [-0.2, -0.15) is 12.6 Å². The Hall–Kier alpha value is -0.610. The Morgan fingerprint density at radius 3 is 2.17 bits per heavy atom. The monoisotopic (exact) mass is 199 g/mol. The molecule has 0 spiro atoms. The van der Waals surface area contributed by atoms with Crippen molar-refractivity contribution in [1.29, 1.82) is 0 Å². The molecule has 0 aromatic heterocycles. The summed E-state index contributed by atoms with van der Waals surface area (Å²) in [6.45, 7) is 0.734. The number of nitrogens with zero attached hydrogens (tertiary/aromatic N) is 1. The second-order valence-electron chi connectivity index (χ2n) is 2.22. The number of rotatable bonds is 1. The molecule has 2 N–H and O–H groups in total. The van der Waals surface area contributed by atoms with Crippen molar-refractivity contribution in [3.63, 3.8) is 0 Å². The standard InChI is InChI=1S/C3H5NO7S/c1-2(4(7)8)3(5,6)11-12(9)10-2/h5-6H,1H3. The Morgan fingerprint density at radius 1 is 1.50 bits per heavy atom. The number of hydrogen-bond donors (Lipinski definition) is 2. The second-order valence-corrected chi connectivity index (χ2v) is 2.96. The van der Waals surface area contributed by atoms with Gasteiger partial charge in [0.05, 0.1) is 4.92 Å². The van der Waals surface area contributed by atoms with Gasteiger partial charge < -0.3 is 10.2 Å². The quantitative estimate of drug-likeness (QED) is 0.291. The van der Waals surface area contributed by atoms with Crippen LogP contribution in [0.25, 0.3) is 0 Å². The second kappa shape index (κ2) is 2.44. The van der Waals surface area contributed by atoms with Crippen molar-refractivity contribution in [2.75, 3.05) is 0 Å². The van der Waals surface area contributed by atoms with Gasteiger partial charge >= 0.3 is 23.1 Å². The molecule has 0 bridgehead atoms. The predicted octanol–water partition coefficient (Wildman–Crippen LogP) is -1.76. The largest absolute Gasteiger partial charge is 0.418 e. The SMILES string of the molecule is CC1([N+](=O)[O-])OS(=O)OC1(O)O. The third-order valence-electron chi connectivity index (χ3n) is 1.37. The highest BCUT2D eigenvalue weighted by Crippen LogP contribution is 2.34. The van der Waals surface area contributed by atoms with Crippen LogP contribution in [0, 0.1) is 10.1 Å². The molecule has 0 saturated carbocycles. The van der Waals surface area contributed by atoms with Crippen molar-refractivity contribution < 1.29 is 27.7 Å². The number of aliphatic hydroxyl groups is 2. The average molecular weight is 199 g/mol. The van der Waals surface area contributed by atoms with E-state index in [-0.39, 0.29) is 0 Å². The van der Waals surface area contributed by atoms with Gasteiger partial charge in [0.15, 0.2) is 0 Å². The summed E-state index contributed by atoms with van der Waals surface area (Å²) in [6.07, 6.45) is 0. The molecule has 0 amide bonds. The van der Waals surface area contributed by atoms with E-state index >= 15 is 0 Å². The fourth-order valence-corrected chi connectivity index (χ4v) is 1.34. The highest BCUT2D eigenvalue weighted by molar-refractivity contribution is 7.75. The molecule has 1 rings (SSSR count). The lowest BCUT2D eigenvalue weighted by atomic mass is 10.2. The van der Waals surface area contributed by atoms with E-state index in [0.717, 1.165) is 6.92 Å². The third kappa shape index (κ3) is 1.11.